The van der Waals surface area contributed by atoms with Gasteiger partial charge in [0, 0.05) is 18.0 Å². The Morgan fingerprint density at radius 2 is 2.37 bits per heavy atom. The lowest BCUT2D eigenvalue weighted by atomic mass is 10.1. The van der Waals surface area contributed by atoms with Gasteiger partial charge in [0.2, 0.25) is 10.0 Å². The van der Waals surface area contributed by atoms with E-state index in [2.05, 4.69) is 10.0 Å². The van der Waals surface area contributed by atoms with Gasteiger partial charge in [0.05, 0.1) is 31.1 Å². The molecule has 1 fully saturated rings. The summed E-state index contributed by atoms with van der Waals surface area (Å²) < 4.78 is 29.7. The molecule has 1 aromatic heterocycles. The Morgan fingerprint density at radius 3 is 3.00 bits per heavy atom. The minimum absolute atomic E-state index is 0.0944. The van der Waals surface area contributed by atoms with Gasteiger partial charge in [-0.2, -0.15) is 0 Å². The van der Waals surface area contributed by atoms with E-state index in [4.69, 9.17) is 4.74 Å². The van der Waals surface area contributed by atoms with Gasteiger partial charge in [-0.05, 0) is 11.4 Å². The van der Waals surface area contributed by atoms with Crippen LogP contribution in [-0.2, 0) is 21.3 Å². The summed E-state index contributed by atoms with van der Waals surface area (Å²) in [6.07, 6.45) is -0.134. The summed E-state index contributed by atoms with van der Waals surface area (Å²) in [6, 6.07) is 3.82. The van der Waals surface area contributed by atoms with Crippen molar-refractivity contribution in [2.75, 3.05) is 19.4 Å². The molecule has 1 aromatic rings. The van der Waals surface area contributed by atoms with Crippen LogP contribution < -0.4 is 10.0 Å². The molecule has 0 aliphatic carbocycles. The molecule has 1 aliphatic heterocycles. The minimum Gasteiger partial charge on any atom is -0.389 e. The van der Waals surface area contributed by atoms with Crippen LogP contribution in [0.3, 0.4) is 0 Å². The monoisotopic (exact) mass is 306 g/mol. The Balaban J connectivity index is 1.79. The Morgan fingerprint density at radius 1 is 1.58 bits per heavy atom. The SMILES string of the molecule is CS(=O)(=O)NC[C@H]1OC[C@@H](NCc2cccs2)[C@@H]1O. The average Bonchev–Trinajstić information content (AvgIpc) is 2.93. The molecule has 0 unspecified atom stereocenters. The maximum absolute atomic E-state index is 11.0. The molecule has 0 radical (unpaired) electrons. The molecule has 3 N–H and O–H groups in total. The fourth-order valence-electron chi connectivity index (χ4n) is 1.92. The van der Waals surface area contributed by atoms with Crippen LogP contribution in [0.15, 0.2) is 17.5 Å². The van der Waals surface area contributed by atoms with Gasteiger partial charge in [-0.25, -0.2) is 13.1 Å². The lowest BCUT2D eigenvalue weighted by Gasteiger charge is -2.18. The van der Waals surface area contributed by atoms with Gasteiger partial charge in [-0.3, -0.25) is 0 Å². The van der Waals surface area contributed by atoms with E-state index in [0.717, 1.165) is 6.26 Å². The smallest absolute Gasteiger partial charge is 0.208 e. The zero-order chi connectivity index (χ0) is 13.9. The molecule has 0 saturated carbocycles. The second-order valence-corrected chi connectivity index (χ2v) is 7.42. The molecule has 6 nitrogen and oxygen atoms in total. The molecule has 2 rings (SSSR count). The number of nitrogens with one attached hydrogen (secondary N) is 2. The minimum atomic E-state index is -3.26. The third kappa shape index (κ3) is 4.51. The van der Waals surface area contributed by atoms with Crippen molar-refractivity contribution in [2.45, 2.75) is 24.8 Å². The summed E-state index contributed by atoms with van der Waals surface area (Å²) >= 11 is 1.65. The first kappa shape index (κ1) is 14.9. The Kier molecular flexibility index (Phi) is 4.93. The summed E-state index contributed by atoms with van der Waals surface area (Å²) in [4.78, 5) is 1.19. The number of ether oxygens (including phenoxy) is 1. The van der Waals surface area contributed by atoms with E-state index in [-0.39, 0.29) is 12.6 Å². The highest BCUT2D eigenvalue weighted by Gasteiger charge is 2.35. The Hall–Kier alpha value is -0.510. The van der Waals surface area contributed by atoms with Crippen LogP contribution in [0.1, 0.15) is 4.88 Å². The van der Waals surface area contributed by atoms with E-state index in [9.17, 15) is 13.5 Å². The van der Waals surface area contributed by atoms with Crippen molar-refractivity contribution in [1.82, 2.24) is 10.0 Å². The fourth-order valence-corrected chi connectivity index (χ4v) is 3.04. The summed E-state index contributed by atoms with van der Waals surface area (Å²) in [5.41, 5.74) is 0. The van der Waals surface area contributed by atoms with Crippen molar-refractivity contribution in [3.8, 4) is 0 Å². The number of hydrogen-bond donors (Lipinski definition) is 3. The number of rotatable bonds is 6. The van der Waals surface area contributed by atoms with Crippen LogP contribution in [-0.4, -0.2) is 51.2 Å². The van der Waals surface area contributed by atoms with Crippen LogP contribution in [0.2, 0.25) is 0 Å². The van der Waals surface area contributed by atoms with Crippen molar-refractivity contribution < 1.29 is 18.3 Å². The van der Waals surface area contributed by atoms with Crippen LogP contribution in [0.4, 0.5) is 0 Å². The molecule has 0 spiro atoms. The van der Waals surface area contributed by atoms with E-state index in [0.29, 0.717) is 13.2 Å². The normalized spacial score (nSPS) is 27.8. The number of aliphatic hydroxyl groups excluding tert-OH is 1. The van der Waals surface area contributed by atoms with Crippen molar-refractivity contribution in [3.05, 3.63) is 22.4 Å². The first-order valence-electron chi connectivity index (χ1n) is 5.96. The highest BCUT2D eigenvalue weighted by molar-refractivity contribution is 7.88. The molecule has 1 aliphatic rings. The highest BCUT2D eigenvalue weighted by atomic mass is 32.2. The first-order chi connectivity index (χ1) is 8.96. The topological polar surface area (TPSA) is 87.7 Å². The zero-order valence-corrected chi connectivity index (χ0v) is 12.2. The molecule has 0 aromatic carbocycles. The number of thiophene rings is 1. The third-order valence-corrected chi connectivity index (χ3v) is 4.52. The van der Waals surface area contributed by atoms with Gasteiger partial charge in [0.15, 0.2) is 0 Å². The van der Waals surface area contributed by atoms with E-state index >= 15 is 0 Å². The van der Waals surface area contributed by atoms with Gasteiger partial charge >= 0.3 is 0 Å². The number of aliphatic hydroxyl groups is 1. The quantitative estimate of drug-likeness (QED) is 0.660. The van der Waals surface area contributed by atoms with Gasteiger partial charge in [-0.15, -0.1) is 11.3 Å². The van der Waals surface area contributed by atoms with Gasteiger partial charge in [-0.1, -0.05) is 6.07 Å². The summed E-state index contributed by atoms with van der Waals surface area (Å²) in [7, 11) is -3.26. The average molecular weight is 306 g/mol. The Bertz CT molecular complexity index is 489. The van der Waals surface area contributed by atoms with Gasteiger partial charge in [0.25, 0.3) is 0 Å². The fraction of sp³-hybridized carbons (Fsp3) is 0.636. The first-order valence-corrected chi connectivity index (χ1v) is 8.73. The lowest BCUT2D eigenvalue weighted by Crippen LogP contribution is -2.44. The summed E-state index contributed by atoms with van der Waals surface area (Å²) in [5, 5.41) is 15.3. The van der Waals surface area contributed by atoms with Crippen molar-refractivity contribution in [3.63, 3.8) is 0 Å². The molecule has 0 amide bonds. The molecule has 108 valence electrons. The molecule has 19 heavy (non-hydrogen) atoms. The third-order valence-electron chi connectivity index (χ3n) is 2.95. The van der Waals surface area contributed by atoms with Gasteiger partial charge in [0.1, 0.15) is 0 Å². The zero-order valence-electron chi connectivity index (χ0n) is 10.6. The molecule has 3 atom stereocenters. The maximum Gasteiger partial charge on any atom is 0.208 e. The van der Waals surface area contributed by atoms with E-state index < -0.39 is 22.2 Å². The summed E-state index contributed by atoms with van der Waals surface area (Å²) in [6.45, 7) is 1.15. The highest BCUT2D eigenvalue weighted by Crippen LogP contribution is 2.15. The maximum atomic E-state index is 11.0. The largest absolute Gasteiger partial charge is 0.389 e. The van der Waals surface area contributed by atoms with E-state index in [1.165, 1.54) is 4.88 Å². The number of hydrogen-bond acceptors (Lipinski definition) is 6. The van der Waals surface area contributed by atoms with Gasteiger partial charge < -0.3 is 15.2 Å². The predicted octanol–water partition coefficient (Wildman–Crippen LogP) is -0.485. The molecule has 1 saturated heterocycles. The molecular formula is C11H18N2O4S2. The van der Waals surface area contributed by atoms with Crippen molar-refractivity contribution in [2.24, 2.45) is 0 Å². The molecule has 0 bridgehead atoms. The Labute approximate surface area is 116 Å². The molecule has 2 heterocycles. The molecule has 8 heteroatoms. The van der Waals surface area contributed by atoms with Crippen molar-refractivity contribution >= 4 is 21.4 Å². The van der Waals surface area contributed by atoms with Crippen LogP contribution in [0.5, 0.6) is 0 Å². The second-order valence-electron chi connectivity index (χ2n) is 4.55. The second kappa shape index (κ2) is 6.29. The predicted molar refractivity (Wildman–Crippen MR) is 73.5 cm³/mol. The van der Waals surface area contributed by atoms with Crippen LogP contribution in [0, 0.1) is 0 Å². The lowest BCUT2D eigenvalue weighted by molar-refractivity contribution is 0.0444. The summed E-state index contributed by atoms with van der Waals surface area (Å²) in [5.74, 6) is 0. The standard InChI is InChI=1S/C11H18N2O4S2/c1-19(15,16)13-6-10-11(14)9(7-17-10)12-5-8-3-2-4-18-8/h2-4,9-14H,5-7H2,1H3/t9-,10-,11+/m1/s1. The molecular weight excluding hydrogens is 288 g/mol. The van der Waals surface area contributed by atoms with Crippen LogP contribution >= 0.6 is 11.3 Å². The number of sulfonamides is 1. The van der Waals surface area contributed by atoms with Crippen LogP contribution in [0.25, 0.3) is 0 Å². The van der Waals surface area contributed by atoms with Crippen molar-refractivity contribution in [1.29, 1.82) is 0 Å². The van der Waals surface area contributed by atoms with E-state index in [1.54, 1.807) is 11.3 Å². The van der Waals surface area contributed by atoms with E-state index in [1.807, 2.05) is 17.5 Å².